The fourth-order valence-corrected chi connectivity index (χ4v) is 3.42. The number of benzene rings is 2. The van der Waals surface area contributed by atoms with Gasteiger partial charge in [0.05, 0.1) is 5.75 Å². The van der Waals surface area contributed by atoms with E-state index in [0.29, 0.717) is 34.8 Å². The Labute approximate surface area is 178 Å². The zero-order chi connectivity index (χ0) is 20.5. The first kappa shape index (κ1) is 21.0. The molecule has 0 bridgehead atoms. The van der Waals surface area contributed by atoms with Gasteiger partial charge in [-0.3, -0.25) is 9.36 Å². The molecular formula is C21H21ClN4O2S. The maximum absolute atomic E-state index is 12.2. The lowest BCUT2D eigenvalue weighted by Crippen LogP contribution is -2.24. The van der Waals surface area contributed by atoms with Crippen molar-refractivity contribution in [2.24, 2.45) is 0 Å². The second-order valence-corrected chi connectivity index (χ2v) is 7.47. The van der Waals surface area contributed by atoms with Crippen molar-refractivity contribution in [3.63, 3.8) is 0 Å². The van der Waals surface area contributed by atoms with Crippen LogP contribution >= 0.6 is 23.4 Å². The molecule has 1 heterocycles. The molecule has 0 saturated carbocycles. The Kier molecular flexibility index (Phi) is 7.72. The van der Waals surface area contributed by atoms with E-state index in [1.165, 1.54) is 11.8 Å². The first-order valence-corrected chi connectivity index (χ1v) is 10.4. The van der Waals surface area contributed by atoms with Gasteiger partial charge in [-0.05, 0) is 29.8 Å². The van der Waals surface area contributed by atoms with Crippen LogP contribution < -0.4 is 10.1 Å². The number of hydrogen-bond donors (Lipinski definition) is 1. The van der Waals surface area contributed by atoms with Crippen molar-refractivity contribution < 1.29 is 9.53 Å². The third kappa shape index (κ3) is 6.37. The van der Waals surface area contributed by atoms with Gasteiger partial charge in [-0.15, -0.1) is 16.8 Å². The highest BCUT2D eigenvalue weighted by molar-refractivity contribution is 7.99. The molecule has 0 fully saturated rings. The van der Waals surface area contributed by atoms with Gasteiger partial charge in [0.15, 0.2) is 11.0 Å². The van der Waals surface area contributed by atoms with Gasteiger partial charge in [0.2, 0.25) is 5.91 Å². The zero-order valence-electron chi connectivity index (χ0n) is 15.8. The van der Waals surface area contributed by atoms with Gasteiger partial charge >= 0.3 is 0 Å². The number of nitrogens with zero attached hydrogens (tertiary/aromatic N) is 3. The minimum absolute atomic E-state index is 0.0639. The Bertz CT molecular complexity index is 945. The molecule has 0 atom stereocenters. The molecule has 0 aliphatic heterocycles. The Morgan fingerprint density at radius 1 is 1.17 bits per heavy atom. The molecule has 0 aliphatic carbocycles. The van der Waals surface area contributed by atoms with E-state index in [0.717, 1.165) is 5.56 Å². The molecule has 1 N–H and O–H groups in total. The fourth-order valence-electron chi connectivity index (χ4n) is 2.50. The van der Waals surface area contributed by atoms with Gasteiger partial charge in [0.25, 0.3) is 0 Å². The molecule has 0 unspecified atom stereocenters. The Morgan fingerprint density at radius 2 is 1.93 bits per heavy atom. The van der Waals surface area contributed by atoms with Crippen molar-refractivity contribution in [3.05, 3.63) is 83.7 Å². The van der Waals surface area contributed by atoms with Crippen LogP contribution in [0.15, 0.2) is 72.4 Å². The molecule has 0 aliphatic rings. The normalized spacial score (nSPS) is 10.5. The summed E-state index contributed by atoms with van der Waals surface area (Å²) in [6.45, 7) is 5.06. The van der Waals surface area contributed by atoms with Gasteiger partial charge < -0.3 is 10.1 Å². The fraction of sp³-hybridized carbons (Fsp3) is 0.190. The number of carbonyl (C=O) groups excluding carboxylic acids is 1. The molecule has 6 nitrogen and oxygen atoms in total. The van der Waals surface area contributed by atoms with Crippen molar-refractivity contribution >= 4 is 29.3 Å². The van der Waals surface area contributed by atoms with Crippen LogP contribution in [0.5, 0.6) is 5.75 Å². The van der Waals surface area contributed by atoms with Crippen LogP contribution in [0.2, 0.25) is 5.02 Å². The van der Waals surface area contributed by atoms with Crippen molar-refractivity contribution in [2.45, 2.75) is 24.9 Å². The topological polar surface area (TPSA) is 69.0 Å². The second kappa shape index (κ2) is 10.7. The highest BCUT2D eigenvalue weighted by Crippen LogP contribution is 2.20. The predicted molar refractivity (Wildman–Crippen MR) is 115 cm³/mol. The number of thioether (sulfide) groups is 1. The summed E-state index contributed by atoms with van der Waals surface area (Å²) in [5, 5.41) is 12.6. The summed E-state index contributed by atoms with van der Waals surface area (Å²) in [6, 6.07) is 16.9. The van der Waals surface area contributed by atoms with Gasteiger partial charge in [0.1, 0.15) is 12.4 Å². The Morgan fingerprint density at radius 3 is 2.66 bits per heavy atom. The third-order valence-electron chi connectivity index (χ3n) is 3.95. The molecule has 3 rings (SSSR count). The van der Waals surface area contributed by atoms with Gasteiger partial charge in [0, 0.05) is 18.1 Å². The van der Waals surface area contributed by atoms with E-state index in [4.69, 9.17) is 16.3 Å². The molecule has 2 aromatic carbocycles. The zero-order valence-corrected chi connectivity index (χ0v) is 17.3. The highest BCUT2D eigenvalue weighted by Gasteiger charge is 2.14. The van der Waals surface area contributed by atoms with Gasteiger partial charge in [-0.1, -0.05) is 59.8 Å². The monoisotopic (exact) mass is 428 g/mol. The number of ether oxygens (including phenoxy) is 1. The summed E-state index contributed by atoms with van der Waals surface area (Å²) >= 11 is 7.22. The lowest BCUT2D eigenvalue weighted by molar-refractivity contribution is -0.118. The maximum atomic E-state index is 12.2. The first-order valence-electron chi connectivity index (χ1n) is 9.00. The predicted octanol–water partition coefficient (Wildman–Crippen LogP) is 4.11. The van der Waals surface area contributed by atoms with Crippen LogP contribution in [0, 0.1) is 0 Å². The average molecular weight is 429 g/mol. The van der Waals surface area contributed by atoms with Gasteiger partial charge in [-0.25, -0.2) is 0 Å². The molecule has 0 saturated heterocycles. The van der Waals surface area contributed by atoms with E-state index in [-0.39, 0.29) is 18.3 Å². The van der Waals surface area contributed by atoms with E-state index < -0.39 is 0 Å². The average Bonchev–Trinajstić information content (AvgIpc) is 3.13. The number of carbonyl (C=O) groups is 1. The Hall–Kier alpha value is -2.77. The SMILES string of the molecule is C=CCn1c(COc2ccc(Cl)cc2)nnc1SCC(=O)NCc1ccccc1. The molecule has 8 heteroatoms. The van der Waals surface area contributed by atoms with Crippen LogP contribution in [-0.4, -0.2) is 26.4 Å². The van der Waals surface area contributed by atoms with Gasteiger partial charge in [-0.2, -0.15) is 0 Å². The van der Waals surface area contributed by atoms with E-state index in [9.17, 15) is 4.79 Å². The summed E-state index contributed by atoms with van der Waals surface area (Å²) in [5.41, 5.74) is 1.06. The molecule has 1 aromatic heterocycles. The minimum Gasteiger partial charge on any atom is -0.486 e. The number of rotatable bonds is 10. The molecule has 29 heavy (non-hydrogen) atoms. The van der Waals surface area contributed by atoms with E-state index in [1.54, 1.807) is 30.3 Å². The van der Waals surface area contributed by atoms with E-state index in [2.05, 4.69) is 22.1 Å². The van der Waals surface area contributed by atoms with Crippen molar-refractivity contribution in [2.75, 3.05) is 5.75 Å². The second-order valence-electron chi connectivity index (χ2n) is 6.09. The molecular weight excluding hydrogens is 408 g/mol. The van der Waals surface area contributed by atoms with E-state index in [1.807, 2.05) is 34.9 Å². The highest BCUT2D eigenvalue weighted by atomic mass is 35.5. The van der Waals surface area contributed by atoms with Crippen LogP contribution in [0.1, 0.15) is 11.4 Å². The number of halogens is 1. The summed E-state index contributed by atoms with van der Waals surface area (Å²) in [6.07, 6.45) is 1.76. The molecule has 150 valence electrons. The lowest BCUT2D eigenvalue weighted by Gasteiger charge is -2.09. The molecule has 0 radical (unpaired) electrons. The number of allylic oxidation sites excluding steroid dienone is 1. The number of nitrogens with one attached hydrogen (secondary N) is 1. The summed E-state index contributed by atoms with van der Waals surface area (Å²) in [5.74, 6) is 1.54. The molecule has 3 aromatic rings. The molecule has 1 amide bonds. The van der Waals surface area contributed by atoms with Crippen LogP contribution in [0.3, 0.4) is 0 Å². The summed E-state index contributed by atoms with van der Waals surface area (Å²) in [4.78, 5) is 12.2. The number of aromatic nitrogens is 3. The maximum Gasteiger partial charge on any atom is 0.230 e. The largest absolute Gasteiger partial charge is 0.486 e. The summed E-state index contributed by atoms with van der Waals surface area (Å²) in [7, 11) is 0. The van der Waals surface area contributed by atoms with Crippen molar-refractivity contribution in [1.29, 1.82) is 0 Å². The molecule has 0 spiro atoms. The van der Waals surface area contributed by atoms with Crippen molar-refractivity contribution in [1.82, 2.24) is 20.1 Å². The van der Waals surface area contributed by atoms with E-state index >= 15 is 0 Å². The first-order chi connectivity index (χ1) is 14.2. The Balaban J connectivity index is 1.55. The van der Waals surface area contributed by atoms with Crippen LogP contribution in [0.4, 0.5) is 0 Å². The standard InChI is InChI=1S/C21H21ClN4O2S/c1-2-12-26-19(14-28-18-10-8-17(22)9-11-18)24-25-21(26)29-15-20(27)23-13-16-6-4-3-5-7-16/h2-11H,1,12-15H2,(H,23,27). The minimum atomic E-state index is -0.0639. The number of amides is 1. The van der Waals surface area contributed by atoms with Crippen LogP contribution in [0.25, 0.3) is 0 Å². The lowest BCUT2D eigenvalue weighted by atomic mass is 10.2. The van der Waals surface area contributed by atoms with Crippen LogP contribution in [-0.2, 0) is 24.5 Å². The smallest absolute Gasteiger partial charge is 0.230 e. The third-order valence-corrected chi connectivity index (χ3v) is 5.17. The quantitative estimate of drug-likeness (QED) is 0.389. The van der Waals surface area contributed by atoms with Crippen molar-refractivity contribution in [3.8, 4) is 5.75 Å². The number of hydrogen-bond acceptors (Lipinski definition) is 5. The summed E-state index contributed by atoms with van der Waals surface area (Å²) < 4.78 is 7.64.